The first-order chi connectivity index (χ1) is 5.20. The largest absolute Gasteiger partial charge is 0.412 e. The van der Waals surface area contributed by atoms with E-state index in [1.807, 2.05) is 13.8 Å². The minimum Gasteiger partial charge on any atom is -0.412 e. The monoisotopic (exact) mass is 180 g/mol. The molecular weight excluding hydrogens is 160 g/mol. The van der Waals surface area contributed by atoms with Crippen molar-refractivity contribution >= 4 is 0 Å². The average molecular weight is 180 g/mol. The topological polar surface area (TPSA) is 81.2 Å². The Kier molecular flexibility index (Phi) is 10.7. The van der Waals surface area contributed by atoms with Gasteiger partial charge in [-0.25, -0.2) is 0 Å². The molecule has 12 heavy (non-hydrogen) atoms. The van der Waals surface area contributed by atoms with Crippen molar-refractivity contribution in [3.05, 3.63) is 0 Å². The molecule has 4 heteroatoms. The van der Waals surface area contributed by atoms with Crippen molar-refractivity contribution in [1.29, 1.82) is 0 Å². The van der Waals surface area contributed by atoms with Gasteiger partial charge in [-0.15, -0.1) is 0 Å². The highest BCUT2D eigenvalue weighted by Crippen LogP contribution is 1.94. The van der Waals surface area contributed by atoms with Gasteiger partial charge in [0.2, 0.25) is 0 Å². The maximum absolute atomic E-state index is 9.04. The SMILES string of the molecule is CCC(O)COCC(O)CC.O. The number of hydrogen-bond acceptors (Lipinski definition) is 3. The summed E-state index contributed by atoms with van der Waals surface area (Å²) in [5, 5.41) is 18.1. The van der Waals surface area contributed by atoms with Gasteiger partial charge in [0, 0.05) is 0 Å². The van der Waals surface area contributed by atoms with Gasteiger partial charge in [0.15, 0.2) is 0 Å². The molecule has 0 spiro atoms. The Morgan fingerprint density at radius 2 is 1.33 bits per heavy atom. The fourth-order valence-electron chi connectivity index (χ4n) is 0.576. The highest BCUT2D eigenvalue weighted by Gasteiger charge is 2.03. The van der Waals surface area contributed by atoms with Crippen molar-refractivity contribution in [3.63, 3.8) is 0 Å². The Labute approximate surface area is 73.5 Å². The first-order valence-corrected chi connectivity index (χ1v) is 4.14. The van der Waals surface area contributed by atoms with Gasteiger partial charge in [0.25, 0.3) is 0 Å². The normalized spacial score (nSPS) is 15.0. The highest BCUT2D eigenvalue weighted by atomic mass is 16.5. The number of hydrogen-bond donors (Lipinski definition) is 2. The summed E-state index contributed by atoms with van der Waals surface area (Å²) in [6.45, 7) is 4.44. The standard InChI is InChI=1S/C8H18O3.H2O/c1-3-7(9)5-11-6-8(10)4-2;/h7-10H,3-6H2,1-2H3;1H2. The van der Waals surface area contributed by atoms with Gasteiger partial charge < -0.3 is 20.4 Å². The second-order valence-electron chi connectivity index (χ2n) is 2.66. The zero-order valence-corrected chi connectivity index (χ0v) is 7.79. The van der Waals surface area contributed by atoms with Crippen LogP contribution in [0.5, 0.6) is 0 Å². The summed E-state index contributed by atoms with van der Waals surface area (Å²) in [5.41, 5.74) is 0. The predicted molar refractivity (Wildman–Crippen MR) is 47.0 cm³/mol. The lowest BCUT2D eigenvalue weighted by molar-refractivity contribution is -0.00898. The van der Waals surface area contributed by atoms with Crippen molar-refractivity contribution in [2.45, 2.75) is 38.9 Å². The van der Waals surface area contributed by atoms with E-state index in [9.17, 15) is 0 Å². The molecule has 2 unspecified atom stereocenters. The van der Waals surface area contributed by atoms with E-state index < -0.39 is 0 Å². The molecule has 0 aliphatic rings. The van der Waals surface area contributed by atoms with E-state index in [0.29, 0.717) is 26.1 Å². The van der Waals surface area contributed by atoms with Gasteiger partial charge >= 0.3 is 0 Å². The van der Waals surface area contributed by atoms with Crippen LogP contribution in [0.3, 0.4) is 0 Å². The third-order valence-corrected chi connectivity index (χ3v) is 1.56. The Balaban J connectivity index is 0. The van der Waals surface area contributed by atoms with E-state index in [1.54, 1.807) is 0 Å². The van der Waals surface area contributed by atoms with E-state index in [4.69, 9.17) is 14.9 Å². The van der Waals surface area contributed by atoms with Crippen molar-refractivity contribution in [1.82, 2.24) is 0 Å². The number of rotatable bonds is 6. The molecule has 0 amide bonds. The van der Waals surface area contributed by atoms with E-state index in [-0.39, 0.29) is 17.7 Å². The molecule has 0 aromatic carbocycles. The molecule has 0 heterocycles. The quantitative estimate of drug-likeness (QED) is 0.590. The number of ether oxygens (including phenoxy) is 1. The Morgan fingerprint density at radius 1 is 1.00 bits per heavy atom. The summed E-state index contributed by atoms with van der Waals surface area (Å²) in [5.74, 6) is 0. The first kappa shape index (κ1) is 14.4. The van der Waals surface area contributed by atoms with Crippen LogP contribution in [-0.2, 0) is 4.74 Å². The van der Waals surface area contributed by atoms with Crippen LogP contribution in [0.1, 0.15) is 26.7 Å². The molecule has 0 aromatic heterocycles. The van der Waals surface area contributed by atoms with Crippen molar-refractivity contribution in [3.8, 4) is 0 Å². The summed E-state index contributed by atoms with van der Waals surface area (Å²) >= 11 is 0. The van der Waals surface area contributed by atoms with E-state index in [2.05, 4.69) is 0 Å². The molecule has 4 N–H and O–H groups in total. The van der Waals surface area contributed by atoms with Crippen LogP contribution >= 0.6 is 0 Å². The van der Waals surface area contributed by atoms with Crippen LogP contribution < -0.4 is 0 Å². The molecule has 76 valence electrons. The first-order valence-electron chi connectivity index (χ1n) is 4.14. The van der Waals surface area contributed by atoms with Crippen LogP contribution in [0.4, 0.5) is 0 Å². The molecule has 0 saturated carbocycles. The molecule has 0 aromatic rings. The molecule has 0 fully saturated rings. The Morgan fingerprint density at radius 3 is 1.58 bits per heavy atom. The van der Waals surface area contributed by atoms with Crippen molar-refractivity contribution < 1.29 is 20.4 Å². The second-order valence-corrected chi connectivity index (χ2v) is 2.66. The fraction of sp³-hybridized carbons (Fsp3) is 1.00. The predicted octanol–water partition coefficient (Wildman–Crippen LogP) is -0.280. The zero-order valence-electron chi connectivity index (χ0n) is 7.79. The van der Waals surface area contributed by atoms with Crippen LogP contribution in [0, 0.1) is 0 Å². The zero-order chi connectivity index (χ0) is 8.69. The third kappa shape index (κ3) is 7.94. The van der Waals surface area contributed by atoms with Gasteiger partial charge in [-0.3, -0.25) is 0 Å². The highest BCUT2D eigenvalue weighted by molar-refractivity contribution is 4.52. The van der Waals surface area contributed by atoms with Crippen molar-refractivity contribution in [2.24, 2.45) is 0 Å². The van der Waals surface area contributed by atoms with Crippen LogP contribution in [0.2, 0.25) is 0 Å². The second kappa shape index (κ2) is 8.93. The molecule has 4 nitrogen and oxygen atoms in total. The molecule has 0 aliphatic carbocycles. The van der Waals surface area contributed by atoms with Gasteiger partial charge in [-0.1, -0.05) is 13.8 Å². The lowest BCUT2D eigenvalue weighted by atomic mass is 10.3. The van der Waals surface area contributed by atoms with Gasteiger partial charge in [0.05, 0.1) is 25.4 Å². The lowest BCUT2D eigenvalue weighted by Gasteiger charge is -2.11. The minimum absolute atomic E-state index is 0. The van der Waals surface area contributed by atoms with Crippen molar-refractivity contribution in [2.75, 3.05) is 13.2 Å². The maximum Gasteiger partial charge on any atom is 0.0771 e. The van der Waals surface area contributed by atoms with Gasteiger partial charge in [-0.2, -0.15) is 0 Å². The summed E-state index contributed by atoms with van der Waals surface area (Å²) in [6.07, 6.45) is 0.614. The van der Waals surface area contributed by atoms with Gasteiger partial charge in [0.1, 0.15) is 0 Å². The molecule has 0 aliphatic heterocycles. The Bertz CT molecular complexity index is 77.1. The van der Waals surface area contributed by atoms with Crippen LogP contribution in [-0.4, -0.2) is 41.1 Å². The van der Waals surface area contributed by atoms with E-state index >= 15 is 0 Å². The van der Waals surface area contributed by atoms with Gasteiger partial charge in [-0.05, 0) is 12.8 Å². The van der Waals surface area contributed by atoms with Crippen LogP contribution in [0.15, 0.2) is 0 Å². The molecule has 0 rings (SSSR count). The van der Waals surface area contributed by atoms with E-state index in [0.717, 1.165) is 0 Å². The summed E-state index contributed by atoms with van der Waals surface area (Å²) in [7, 11) is 0. The average Bonchev–Trinajstić information content (AvgIpc) is 2.04. The Hall–Kier alpha value is -0.160. The smallest absolute Gasteiger partial charge is 0.0771 e. The lowest BCUT2D eigenvalue weighted by Crippen LogP contribution is -2.20. The van der Waals surface area contributed by atoms with E-state index in [1.165, 1.54) is 0 Å². The number of aliphatic hydroxyl groups is 2. The summed E-state index contributed by atoms with van der Waals surface area (Å²) < 4.78 is 5.04. The molecule has 0 saturated heterocycles. The minimum atomic E-state index is -0.390. The number of aliphatic hydroxyl groups excluding tert-OH is 2. The van der Waals surface area contributed by atoms with Crippen LogP contribution in [0.25, 0.3) is 0 Å². The molecule has 0 bridgehead atoms. The molecular formula is C8H20O4. The summed E-state index contributed by atoms with van der Waals surface area (Å²) in [6, 6.07) is 0. The molecule has 0 radical (unpaired) electrons. The third-order valence-electron chi connectivity index (χ3n) is 1.56. The fourth-order valence-corrected chi connectivity index (χ4v) is 0.576. The summed E-state index contributed by atoms with van der Waals surface area (Å²) in [4.78, 5) is 0. The molecule has 2 atom stereocenters. The maximum atomic E-state index is 9.04.